The second-order valence-corrected chi connectivity index (χ2v) is 6.79. The van der Waals surface area contributed by atoms with Crippen LogP contribution in [0.4, 0.5) is 14.5 Å². The van der Waals surface area contributed by atoms with Gasteiger partial charge in [-0.2, -0.15) is 0 Å². The third kappa shape index (κ3) is 4.12. The van der Waals surface area contributed by atoms with Gasteiger partial charge in [-0.25, -0.2) is 18.7 Å². The van der Waals surface area contributed by atoms with Gasteiger partial charge in [0.05, 0.1) is 0 Å². The SMILES string of the molecule is Cc1ncc([C@H](C)NC[C@H]2CCN(c3ccc(F)c(F)c3)C2)c(C)n1. The molecule has 4 nitrogen and oxygen atoms in total. The Morgan fingerprint density at radius 2 is 2.08 bits per heavy atom. The summed E-state index contributed by atoms with van der Waals surface area (Å²) in [5.74, 6) is -0.332. The van der Waals surface area contributed by atoms with E-state index in [0.717, 1.165) is 48.8 Å². The number of halogens is 2. The molecule has 0 radical (unpaired) electrons. The van der Waals surface area contributed by atoms with Crippen molar-refractivity contribution in [2.24, 2.45) is 5.92 Å². The molecule has 1 aliphatic rings. The molecule has 3 rings (SSSR count). The zero-order valence-electron chi connectivity index (χ0n) is 14.9. The topological polar surface area (TPSA) is 41.1 Å². The van der Waals surface area contributed by atoms with Gasteiger partial charge in [0, 0.05) is 54.9 Å². The Morgan fingerprint density at radius 3 is 2.80 bits per heavy atom. The monoisotopic (exact) mass is 346 g/mol. The minimum absolute atomic E-state index is 0.179. The van der Waals surface area contributed by atoms with Gasteiger partial charge < -0.3 is 10.2 Å². The zero-order chi connectivity index (χ0) is 18.0. The van der Waals surface area contributed by atoms with Crippen molar-refractivity contribution >= 4 is 5.69 Å². The molecule has 1 aliphatic heterocycles. The highest BCUT2D eigenvalue weighted by Crippen LogP contribution is 2.25. The van der Waals surface area contributed by atoms with Gasteiger partial charge >= 0.3 is 0 Å². The smallest absolute Gasteiger partial charge is 0.160 e. The van der Waals surface area contributed by atoms with Gasteiger partial charge in [0.25, 0.3) is 0 Å². The number of aromatic nitrogens is 2. The molecular formula is C19H24F2N4. The van der Waals surface area contributed by atoms with E-state index in [1.54, 1.807) is 6.07 Å². The van der Waals surface area contributed by atoms with E-state index in [1.165, 1.54) is 12.1 Å². The predicted octanol–water partition coefficient (Wildman–Crippen LogP) is 3.55. The highest BCUT2D eigenvalue weighted by molar-refractivity contribution is 5.47. The Hall–Kier alpha value is -2.08. The lowest BCUT2D eigenvalue weighted by atomic mass is 10.1. The van der Waals surface area contributed by atoms with Gasteiger partial charge in [-0.05, 0) is 45.2 Å². The van der Waals surface area contributed by atoms with E-state index in [-0.39, 0.29) is 6.04 Å². The summed E-state index contributed by atoms with van der Waals surface area (Å²) in [5.41, 5.74) is 2.86. The molecule has 0 amide bonds. The van der Waals surface area contributed by atoms with E-state index in [9.17, 15) is 8.78 Å². The molecule has 2 heterocycles. The molecule has 0 aliphatic carbocycles. The summed E-state index contributed by atoms with van der Waals surface area (Å²) in [4.78, 5) is 10.8. The molecule has 1 saturated heterocycles. The number of hydrogen-bond donors (Lipinski definition) is 1. The molecule has 2 atom stereocenters. The fourth-order valence-corrected chi connectivity index (χ4v) is 3.39. The van der Waals surface area contributed by atoms with Gasteiger partial charge in [-0.1, -0.05) is 0 Å². The van der Waals surface area contributed by atoms with Crippen LogP contribution in [0.1, 0.15) is 36.5 Å². The molecule has 0 unspecified atom stereocenters. The van der Waals surface area contributed by atoms with Gasteiger partial charge in [0.15, 0.2) is 11.6 Å². The van der Waals surface area contributed by atoms with Crippen LogP contribution in [0.3, 0.4) is 0 Å². The number of aryl methyl sites for hydroxylation is 2. The summed E-state index contributed by atoms with van der Waals surface area (Å²) >= 11 is 0. The van der Waals surface area contributed by atoms with E-state index >= 15 is 0 Å². The van der Waals surface area contributed by atoms with Gasteiger partial charge in [-0.15, -0.1) is 0 Å². The van der Waals surface area contributed by atoms with Crippen LogP contribution in [0, 0.1) is 31.4 Å². The summed E-state index contributed by atoms with van der Waals surface area (Å²) in [6, 6.07) is 4.29. The largest absolute Gasteiger partial charge is 0.371 e. The molecule has 0 saturated carbocycles. The summed E-state index contributed by atoms with van der Waals surface area (Å²) in [5, 5.41) is 3.55. The Balaban J connectivity index is 1.55. The number of benzene rings is 1. The lowest BCUT2D eigenvalue weighted by molar-refractivity contribution is 0.470. The molecular weight excluding hydrogens is 322 g/mol. The molecule has 6 heteroatoms. The minimum atomic E-state index is -0.800. The first-order chi connectivity index (χ1) is 11.9. The second kappa shape index (κ2) is 7.44. The van der Waals surface area contributed by atoms with Crippen molar-refractivity contribution in [1.29, 1.82) is 0 Å². The number of hydrogen-bond acceptors (Lipinski definition) is 4. The zero-order valence-corrected chi connectivity index (χ0v) is 14.9. The molecule has 0 bridgehead atoms. The summed E-state index contributed by atoms with van der Waals surface area (Å²) in [6.45, 7) is 8.58. The van der Waals surface area contributed by atoms with Crippen LogP contribution in [-0.2, 0) is 0 Å². The summed E-state index contributed by atoms with van der Waals surface area (Å²) < 4.78 is 26.5. The summed E-state index contributed by atoms with van der Waals surface area (Å²) in [7, 11) is 0. The van der Waals surface area contributed by atoms with Crippen molar-refractivity contribution in [3.63, 3.8) is 0 Å². The van der Waals surface area contributed by atoms with Crippen molar-refractivity contribution in [3.8, 4) is 0 Å². The van der Waals surface area contributed by atoms with Crippen molar-refractivity contribution in [2.45, 2.75) is 33.2 Å². The third-order valence-corrected chi connectivity index (χ3v) is 4.87. The van der Waals surface area contributed by atoms with E-state index in [2.05, 4.69) is 27.1 Å². The highest BCUT2D eigenvalue weighted by Gasteiger charge is 2.24. The Kier molecular flexibility index (Phi) is 5.27. The maximum absolute atomic E-state index is 13.4. The first-order valence-electron chi connectivity index (χ1n) is 8.67. The molecule has 134 valence electrons. The van der Waals surface area contributed by atoms with E-state index in [1.807, 2.05) is 20.0 Å². The first-order valence-corrected chi connectivity index (χ1v) is 8.67. The van der Waals surface area contributed by atoms with E-state index in [4.69, 9.17) is 0 Å². The molecule has 0 spiro atoms. The fraction of sp³-hybridized carbons (Fsp3) is 0.474. The van der Waals surface area contributed by atoms with Gasteiger partial charge in [0.2, 0.25) is 0 Å². The van der Waals surface area contributed by atoms with E-state index < -0.39 is 11.6 Å². The molecule has 2 aromatic rings. The van der Waals surface area contributed by atoms with Crippen LogP contribution < -0.4 is 10.2 Å². The van der Waals surface area contributed by atoms with Crippen LogP contribution in [0.2, 0.25) is 0 Å². The second-order valence-electron chi connectivity index (χ2n) is 6.79. The average Bonchev–Trinajstić information content (AvgIpc) is 3.04. The fourth-order valence-electron chi connectivity index (χ4n) is 3.39. The van der Waals surface area contributed by atoms with Crippen molar-refractivity contribution in [3.05, 3.63) is 53.1 Å². The van der Waals surface area contributed by atoms with Crippen LogP contribution in [-0.4, -0.2) is 29.6 Å². The molecule has 1 fully saturated rings. The normalized spacial score (nSPS) is 18.6. The Labute approximate surface area is 147 Å². The highest BCUT2D eigenvalue weighted by atomic mass is 19.2. The predicted molar refractivity (Wildman–Crippen MR) is 94.6 cm³/mol. The molecule has 1 aromatic heterocycles. The Morgan fingerprint density at radius 1 is 1.28 bits per heavy atom. The maximum atomic E-state index is 13.4. The minimum Gasteiger partial charge on any atom is -0.371 e. The van der Waals surface area contributed by atoms with E-state index in [0.29, 0.717) is 5.92 Å². The third-order valence-electron chi connectivity index (χ3n) is 4.87. The standard InChI is InChI=1S/C19H24F2N4/c1-12(17-10-23-14(3)24-13(17)2)22-9-15-6-7-25(11-15)16-4-5-18(20)19(21)8-16/h4-5,8,10,12,15,22H,6-7,9,11H2,1-3H3/t12-,15+/m0/s1. The van der Waals surface area contributed by atoms with Gasteiger partial charge in [-0.3, -0.25) is 0 Å². The maximum Gasteiger partial charge on any atom is 0.160 e. The van der Waals surface area contributed by atoms with Crippen LogP contribution in [0.25, 0.3) is 0 Å². The van der Waals surface area contributed by atoms with Crippen molar-refractivity contribution in [1.82, 2.24) is 15.3 Å². The first kappa shape index (κ1) is 17.7. The van der Waals surface area contributed by atoms with Crippen LogP contribution in [0.5, 0.6) is 0 Å². The van der Waals surface area contributed by atoms with Crippen molar-refractivity contribution < 1.29 is 8.78 Å². The quantitative estimate of drug-likeness (QED) is 0.899. The van der Waals surface area contributed by atoms with Crippen molar-refractivity contribution in [2.75, 3.05) is 24.5 Å². The number of nitrogens with one attached hydrogen (secondary N) is 1. The summed E-state index contributed by atoms with van der Waals surface area (Å²) in [6.07, 6.45) is 2.92. The number of nitrogens with zero attached hydrogens (tertiary/aromatic N) is 3. The van der Waals surface area contributed by atoms with Crippen LogP contribution in [0.15, 0.2) is 24.4 Å². The average molecular weight is 346 g/mol. The Bertz CT molecular complexity index is 750. The van der Waals surface area contributed by atoms with Crippen LogP contribution >= 0.6 is 0 Å². The lowest BCUT2D eigenvalue weighted by Crippen LogP contribution is -2.29. The molecule has 1 aromatic carbocycles. The number of rotatable bonds is 5. The number of anilines is 1. The molecule has 1 N–H and O–H groups in total. The lowest BCUT2D eigenvalue weighted by Gasteiger charge is -2.21. The molecule has 25 heavy (non-hydrogen) atoms. The van der Waals surface area contributed by atoms with Gasteiger partial charge in [0.1, 0.15) is 5.82 Å².